The number of benzene rings is 1. The SMILES string of the molecule is CCC(=O)Nc1ccc(I)cc1Cl. The van der Waals surface area contributed by atoms with Crippen molar-refractivity contribution >= 4 is 45.8 Å². The summed E-state index contributed by atoms with van der Waals surface area (Å²) in [6, 6.07) is 5.52. The zero-order chi connectivity index (χ0) is 9.84. The molecule has 0 aliphatic carbocycles. The number of carbonyl (C=O) groups excluding carboxylic acids is 1. The van der Waals surface area contributed by atoms with E-state index in [1.165, 1.54) is 0 Å². The summed E-state index contributed by atoms with van der Waals surface area (Å²) in [5.74, 6) is -0.0249. The van der Waals surface area contributed by atoms with Gasteiger partial charge in [0.05, 0.1) is 10.7 Å². The van der Waals surface area contributed by atoms with Crippen LogP contribution in [-0.2, 0) is 4.79 Å². The van der Waals surface area contributed by atoms with Gasteiger partial charge in [-0.1, -0.05) is 18.5 Å². The molecule has 0 unspecified atom stereocenters. The van der Waals surface area contributed by atoms with Gasteiger partial charge >= 0.3 is 0 Å². The topological polar surface area (TPSA) is 29.1 Å². The Morgan fingerprint density at radius 2 is 2.31 bits per heavy atom. The van der Waals surface area contributed by atoms with Gasteiger partial charge in [0.15, 0.2) is 0 Å². The van der Waals surface area contributed by atoms with Gasteiger partial charge in [0.25, 0.3) is 0 Å². The van der Waals surface area contributed by atoms with Crippen molar-refractivity contribution in [3.8, 4) is 0 Å². The molecule has 0 aliphatic rings. The van der Waals surface area contributed by atoms with Gasteiger partial charge < -0.3 is 5.32 Å². The average Bonchev–Trinajstić information content (AvgIpc) is 2.09. The minimum Gasteiger partial charge on any atom is -0.325 e. The minimum absolute atomic E-state index is 0.0249. The predicted octanol–water partition coefficient (Wildman–Crippen LogP) is 3.29. The van der Waals surface area contributed by atoms with Crippen LogP contribution in [0.1, 0.15) is 13.3 Å². The highest BCUT2D eigenvalue weighted by Gasteiger charge is 2.03. The lowest BCUT2D eigenvalue weighted by Crippen LogP contribution is -2.09. The zero-order valence-electron chi connectivity index (χ0n) is 7.10. The fraction of sp³-hybridized carbons (Fsp3) is 0.222. The number of rotatable bonds is 2. The molecule has 1 N–H and O–H groups in total. The van der Waals surface area contributed by atoms with E-state index >= 15 is 0 Å². The first-order valence-corrected chi connectivity index (χ1v) is 5.34. The van der Waals surface area contributed by atoms with E-state index in [0.29, 0.717) is 17.1 Å². The lowest BCUT2D eigenvalue weighted by molar-refractivity contribution is -0.115. The maximum Gasteiger partial charge on any atom is 0.224 e. The van der Waals surface area contributed by atoms with Crippen LogP contribution in [0.5, 0.6) is 0 Å². The zero-order valence-corrected chi connectivity index (χ0v) is 10.0. The lowest BCUT2D eigenvalue weighted by Gasteiger charge is -2.05. The number of halogens is 2. The summed E-state index contributed by atoms with van der Waals surface area (Å²) in [4.78, 5) is 11.0. The summed E-state index contributed by atoms with van der Waals surface area (Å²) in [5, 5.41) is 3.29. The average molecular weight is 310 g/mol. The number of anilines is 1. The van der Waals surface area contributed by atoms with Gasteiger partial charge in [-0.15, -0.1) is 0 Å². The van der Waals surface area contributed by atoms with Crippen molar-refractivity contribution in [2.24, 2.45) is 0 Å². The number of hydrogen-bond acceptors (Lipinski definition) is 1. The summed E-state index contributed by atoms with van der Waals surface area (Å²) in [5.41, 5.74) is 0.675. The van der Waals surface area contributed by atoms with Crippen LogP contribution in [0.15, 0.2) is 18.2 Å². The molecule has 0 bridgehead atoms. The molecule has 0 spiro atoms. The van der Waals surface area contributed by atoms with E-state index in [1.54, 1.807) is 13.0 Å². The molecule has 2 nitrogen and oxygen atoms in total. The maximum atomic E-state index is 11.0. The van der Waals surface area contributed by atoms with E-state index in [9.17, 15) is 4.79 Å². The Kier molecular flexibility index (Phi) is 3.99. The summed E-state index contributed by atoms with van der Waals surface area (Å²) >= 11 is 8.08. The first kappa shape index (κ1) is 10.8. The second-order valence-corrected chi connectivity index (χ2v) is 4.18. The third-order valence-electron chi connectivity index (χ3n) is 1.53. The van der Waals surface area contributed by atoms with Crippen molar-refractivity contribution < 1.29 is 4.79 Å². The highest BCUT2D eigenvalue weighted by atomic mass is 127. The van der Waals surface area contributed by atoms with Gasteiger partial charge in [0.2, 0.25) is 5.91 Å². The second kappa shape index (κ2) is 4.81. The highest BCUT2D eigenvalue weighted by Crippen LogP contribution is 2.23. The Morgan fingerprint density at radius 3 is 2.85 bits per heavy atom. The predicted molar refractivity (Wildman–Crippen MR) is 63.1 cm³/mol. The first-order chi connectivity index (χ1) is 6.13. The minimum atomic E-state index is -0.0249. The van der Waals surface area contributed by atoms with Crippen LogP contribution in [0.2, 0.25) is 5.02 Å². The quantitative estimate of drug-likeness (QED) is 0.835. The molecule has 1 aromatic carbocycles. The third-order valence-corrected chi connectivity index (χ3v) is 2.51. The van der Waals surface area contributed by atoms with Crippen molar-refractivity contribution in [2.45, 2.75) is 13.3 Å². The van der Waals surface area contributed by atoms with Crippen molar-refractivity contribution in [2.75, 3.05) is 5.32 Å². The fourth-order valence-electron chi connectivity index (χ4n) is 0.829. The van der Waals surface area contributed by atoms with Crippen LogP contribution < -0.4 is 5.32 Å². The molecule has 1 aromatic rings. The monoisotopic (exact) mass is 309 g/mol. The summed E-state index contributed by atoms with van der Waals surface area (Å²) in [6.45, 7) is 1.80. The van der Waals surface area contributed by atoms with Crippen molar-refractivity contribution in [1.82, 2.24) is 0 Å². The molecule has 0 heterocycles. The third kappa shape index (κ3) is 3.15. The van der Waals surface area contributed by atoms with E-state index in [1.807, 2.05) is 12.1 Å². The Hall–Kier alpha value is -0.290. The smallest absolute Gasteiger partial charge is 0.224 e. The molecule has 70 valence electrons. The molecule has 1 rings (SSSR count). The Morgan fingerprint density at radius 1 is 1.62 bits per heavy atom. The van der Waals surface area contributed by atoms with Gasteiger partial charge in [0, 0.05) is 9.99 Å². The van der Waals surface area contributed by atoms with Crippen LogP contribution in [-0.4, -0.2) is 5.91 Å². The van der Waals surface area contributed by atoms with E-state index in [-0.39, 0.29) is 5.91 Å². The second-order valence-electron chi connectivity index (χ2n) is 2.53. The summed E-state index contributed by atoms with van der Waals surface area (Å²) in [7, 11) is 0. The molecular weight excluding hydrogens is 300 g/mol. The fourth-order valence-corrected chi connectivity index (χ4v) is 1.73. The normalized spacial score (nSPS) is 9.77. The molecule has 0 saturated carbocycles. The van der Waals surface area contributed by atoms with E-state index in [0.717, 1.165) is 3.57 Å². The molecule has 0 aliphatic heterocycles. The number of hydrogen-bond donors (Lipinski definition) is 1. The highest BCUT2D eigenvalue weighted by molar-refractivity contribution is 14.1. The van der Waals surface area contributed by atoms with Crippen molar-refractivity contribution in [1.29, 1.82) is 0 Å². The van der Waals surface area contributed by atoms with E-state index in [4.69, 9.17) is 11.6 Å². The molecule has 0 atom stereocenters. The molecular formula is C9H9ClINO. The molecule has 0 aromatic heterocycles. The molecule has 0 fully saturated rings. The Balaban J connectivity index is 2.83. The number of carbonyl (C=O) groups is 1. The number of amides is 1. The molecule has 13 heavy (non-hydrogen) atoms. The van der Waals surface area contributed by atoms with Crippen LogP contribution >= 0.6 is 34.2 Å². The van der Waals surface area contributed by atoms with Crippen molar-refractivity contribution in [3.05, 3.63) is 26.8 Å². The maximum absolute atomic E-state index is 11.0. The lowest BCUT2D eigenvalue weighted by atomic mass is 10.3. The van der Waals surface area contributed by atoms with E-state index < -0.39 is 0 Å². The summed E-state index contributed by atoms with van der Waals surface area (Å²) in [6.07, 6.45) is 0.461. The largest absolute Gasteiger partial charge is 0.325 e. The van der Waals surface area contributed by atoms with Gasteiger partial charge in [-0.05, 0) is 40.8 Å². The van der Waals surface area contributed by atoms with Crippen LogP contribution in [0.4, 0.5) is 5.69 Å². The van der Waals surface area contributed by atoms with Crippen molar-refractivity contribution in [3.63, 3.8) is 0 Å². The number of nitrogens with one attached hydrogen (secondary N) is 1. The van der Waals surface area contributed by atoms with Gasteiger partial charge in [0.1, 0.15) is 0 Å². The first-order valence-electron chi connectivity index (χ1n) is 3.88. The van der Waals surface area contributed by atoms with Gasteiger partial charge in [-0.2, -0.15) is 0 Å². The Bertz CT molecular complexity index is 327. The van der Waals surface area contributed by atoms with Gasteiger partial charge in [-0.3, -0.25) is 4.79 Å². The van der Waals surface area contributed by atoms with Crippen LogP contribution in [0, 0.1) is 3.57 Å². The van der Waals surface area contributed by atoms with E-state index in [2.05, 4.69) is 27.9 Å². The molecule has 0 saturated heterocycles. The van der Waals surface area contributed by atoms with Crippen LogP contribution in [0.3, 0.4) is 0 Å². The van der Waals surface area contributed by atoms with Gasteiger partial charge in [-0.25, -0.2) is 0 Å². The van der Waals surface area contributed by atoms with Crippen LogP contribution in [0.25, 0.3) is 0 Å². The Labute approximate surface area is 95.8 Å². The standard InChI is InChI=1S/C9H9ClINO/c1-2-9(13)12-8-4-3-6(11)5-7(8)10/h3-5H,2H2,1H3,(H,12,13). The summed E-state index contributed by atoms with van der Waals surface area (Å²) < 4.78 is 1.05. The molecule has 1 amide bonds. The molecule has 0 radical (unpaired) electrons. The molecule has 4 heteroatoms.